The Morgan fingerprint density at radius 2 is 1.85 bits per heavy atom. The zero-order valence-electron chi connectivity index (χ0n) is 21.0. The van der Waals surface area contributed by atoms with Crippen molar-refractivity contribution in [2.75, 3.05) is 26.6 Å². The minimum Gasteiger partial charge on any atom is -0.496 e. The van der Waals surface area contributed by atoms with Gasteiger partial charge in [0.15, 0.2) is 9.84 Å². The molecule has 2 aromatic carbocycles. The Morgan fingerprint density at radius 1 is 1.13 bits per heavy atom. The van der Waals surface area contributed by atoms with Crippen LogP contribution >= 0.6 is 0 Å². The molecule has 0 radical (unpaired) electrons. The monoisotopic (exact) mass is 570 g/mol. The number of fused-ring (bicyclic) bond motifs is 1. The summed E-state index contributed by atoms with van der Waals surface area (Å²) in [6.45, 7) is 0.360. The number of rotatable bonds is 7. The second kappa shape index (κ2) is 9.77. The topological polar surface area (TPSA) is 102 Å². The Balaban J connectivity index is 1.42. The molecule has 1 aliphatic carbocycles. The van der Waals surface area contributed by atoms with Crippen LogP contribution in [-0.2, 0) is 25.5 Å². The van der Waals surface area contributed by atoms with Crippen LogP contribution in [0.5, 0.6) is 5.75 Å². The normalized spacial score (nSPS) is 23.5. The summed E-state index contributed by atoms with van der Waals surface area (Å²) in [5.74, 6) is -2.41. The summed E-state index contributed by atoms with van der Waals surface area (Å²) >= 11 is 0. The molecule has 4 atom stereocenters. The number of carbonyl (C=O) groups excluding carboxylic acids is 2. The van der Waals surface area contributed by atoms with Gasteiger partial charge in [-0.2, -0.15) is 13.2 Å². The van der Waals surface area contributed by atoms with Crippen LogP contribution in [0.1, 0.15) is 40.4 Å². The number of hydrogen-bond acceptors (Lipinski definition) is 6. The van der Waals surface area contributed by atoms with E-state index in [1.165, 1.54) is 30.2 Å². The summed E-state index contributed by atoms with van der Waals surface area (Å²) in [5, 5.41) is 2.76. The Hall–Kier alpha value is -3.19. The van der Waals surface area contributed by atoms with Crippen molar-refractivity contribution in [2.24, 2.45) is 11.8 Å². The van der Waals surface area contributed by atoms with Crippen molar-refractivity contribution < 1.29 is 45.0 Å². The maximum absolute atomic E-state index is 14.9. The fraction of sp³-hybridized carbons (Fsp3) is 0.462. The maximum atomic E-state index is 14.9. The van der Waals surface area contributed by atoms with Gasteiger partial charge >= 0.3 is 6.18 Å². The fourth-order valence-corrected chi connectivity index (χ4v) is 5.95. The number of sulfone groups is 1. The molecule has 2 heterocycles. The highest BCUT2D eigenvalue weighted by atomic mass is 32.2. The number of piperidine rings is 1. The molecule has 0 bridgehead atoms. The van der Waals surface area contributed by atoms with Gasteiger partial charge in [-0.1, -0.05) is 6.07 Å². The molecule has 5 rings (SSSR count). The number of alkyl halides is 3. The Labute approximate surface area is 222 Å². The number of hydrogen-bond donors (Lipinski definition) is 1. The van der Waals surface area contributed by atoms with E-state index in [0.717, 1.165) is 18.4 Å². The van der Waals surface area contributed by atoms with Crippen molar-refractivity contribution in [3.8, 4) is 5.75 Å². The van der Waals surface area contributed by atoms with Crippen molar-refractivity contribution in [2.45, 2.75) is 42.0 Å². The maximum Gasteiger partial charge on any atom is 0.416 e. The van der Waals surface area contributed by atoms with Gasteiger partial charge in [-0.05, 0) is 49.1 Å². The lowest BCUT2D eigenvalue weighted by Gasteiger charge is -2.36. The molecule has 13 heteroatoms. The molecule has 2 aliphatic heterocycles. The van der Waals surface area contributed by atoms with Gasteiger partial charge in [0.2, 0.25) is 5.91 Å². The van der Waals surface area contributed by atoms with Gasteiger partial charge in [0.1, 0.15) is 17.6 Å². The molecule has 0 aromatic heterocycles. The van der Waals surface area contributed by atoms with Crippen LogP contribution < -0.4 is 10.1 Å². The first-order valence-corrected chi connectivity index (χ1v) is 14.1. The lowest BCUT2D eigenvalue weighted by molar-refractivity contribution is -0.138. The third-order valence-corrected chi connectivity index (χ3v) is 8.68. The first-order valence-electron chi connectivity index (χ1n) is 12.2. The number of nitrogens with one attached hydrogen (secondary N) is 1. The third-order valence-electron chi connectivity index (χ3n) is 7.57. The lowest BCUT2D eigenvalue weighted by atomic mass is 9.90. The molecular formula is C26H26F4N2O6S. The minimum absolute atomic E-state index is 0.0106. The second-order valence-corrected chi connectivity index (χ2v) is 12.2. The summed E-state index contributed by atoms with van der Waals surface area (Å²) in [6, 6.07) is 3.95. The molecule has 1 saturated carbocycles. The molecular weight excluding hydrogens is 544 g/mol. The van der Waals surface area contributed by atoms with Gasteiger partial charge in [0, 0.05) is 23.8 Å². The molecule has 3 aliphatic rings. The average molecular weight is 571 g/mol. The van der Waals surface area contributed by atoms with Crippen LogP contribution in [0.4, 0.5) is 17.6 Å². The van der Waals surface area contributed by atoms with E-state index in [-0.39, 0.29) is 52.9 Å². The predicted molar refractivity (Wildman–Crippen MR) is 129 cm³/mol. The van der Waals surface area contributed by atoms with E-state index in [1.54, 1.807) is 0 Å². The number of methoxy groups -OCH3 is 1. The van der Waals surface area contributed by atoms with Crippen molar-refractivity contribution >= 4 is 21.7 Å². The molecule has 0 unspecified atom stereocenters. The van der Waals surface area contributed by atoms with Gasteiger partial charge in [0.25, 0.3) is 5.91 Å². The predicted octanol–water partition coefficient (Wildman–Crippen LogP) is 3.36. The number of nitrogens with zero attached hydrogens (tertiary/aromatic N) is 1. The molecule has 2 saturated heterocycles. The summed E-state index contributed by atoms with van der Waals surface area (Å²) in [7, 11) is -2.30. The summed E-state index contributed by atoms with van der Waals surface area (Å²) in [4.78, 5) is 28.5. The van der Waals surface area contributed by atoms with E-state index in [4.69, 9.17) is 9.47 Å². The van der Waals surface area contributed by atoms with Gasteiger partial charge in [-0.3, -0.25) is 9.59 Å². The third kappa shape index (κ3) is 5.21. The van der Waals surface area contributed by atoms with Crippen LogP contribution in [-0.4, -0.2) is 63.8 Å². The van der Waals surface area contributed by atoms with Gasteiger partial charge in [0.05, 0.1) is 42.4 Å². The molecule has 2 amide bonds. The van der Waals surface area contributed by atoms with E-state index in [9.17, 15) is 35.6 Å². The summed E-state index contributed by atoms with van der Waals surface area (Å²) in [6.07, 6.45) is -2.69. The van der Waals surface area contributed by atoms with Crippen molar-refractivity contribution in [3.05, 3.63) is 58.9 Å². The number of benzene rings is 2. The summed E-state index contributed by atoms with van der Waals surface area (Å²) in [5.41, 5.74) is -1.26. The Bertz CT molecular complexity index is 1430. The first kappa shape index (κ1) is 27.4. The summed E-state index contributed by atoms with van der Waals surface area (Å²) < 4.78 is 88.7. The number of likely N-dealkylation sites (tertiary alicyclic amines) is 1. The SMILES string of the molecule is COc1ccc(S(C)(=O)=O)cc1C(=O)N1[C@@H](C(=O)N[C@@H](c2ccc(C(F)(F)F)cc2F)C2COC2)C[C@H]2C[C@H]21. The van der Waals surface area contributed by atoms with E-state index < -0.39 is 51.3 Å². The quantitative estimate of drug-likeness (QED) is 0.513. The smallest absolute Gasteiger partial charge is 0.416 e. The zero-order valence-corrected chi connectivity index (χ0v) is 21.8. The van der Waals surface area contributed by atoms with Gasteiger partial charge in [-0.15, -0.1) is 0 Å². The van der Waals surface area contributed by atoms with Crippen LogP contribution in [0.3, 0.4) is 0 Å². The Morgan fingerprint density at radius 3 is 2.41 bits per heavy atom. The van der Waals surface area contributed by atoms with E-state index in [0.29, 0.717) is 18.9 Å². The highest BCUT2D eigenvalue weighted by Gasteiger charge is 2.56. The first-order chi connectivity index (χ1) is 18.3. The van der Waals surface area contributed by atoms with Crippen LogP contribution in [0.2, 0.25) is 0 Å². The van der Waals surface area contributed by atoms with Crippen molar-refractivity contribution in [1.29, 1.82) is 0 Å². The molecule has 1 N–H and O–H groups in total. The molecule has 8 nitrogen and oxygen atoms in total. The number of halogens is 4. The lowest BCUT2D eigenvalue weighted by Crippen LogP contribution is -2.51. The second-order valence-electron chi connectivity index (χ2n) is 10.2. The van der Waals surface area contributed by atoms with Crippen LogP contribution in [0.15, 0.2) is 41.3 Å². The average Bonchev–Trinajstić information content (AvgIpc) is 3.49. The molecule has 39 heavy (non-hydrogen) atoms. The highest BCUT2D eigenvalue weighted by Crippen LogP contribution is 2.49. The van der Waals surface area contributed by atoms with Gasteiger partial charge in [-0.25, -0.2) is 12.8 Å². The highest BCUT2D eigenvalue weighted by molar-refractivity contribution is 7.90. The van der Waals surface area contributed by atoms with Crippen LogP contribution in [0.25, 0.3) is 0 Å². The van der Waals surface area contributed by atoms with E-state index in [2.05, 4.69) is 5.32 Å². The van der Waals surface area contributed by atoms with Gasteiger partial charge < -0.3 is 19.7 Å². The van der Waals surface area contributed by atoms with Crippen molar-refractivity contribution in [3.63, 3.8) is 0 Å². The molecule has 0 spiro atoms. The molecule has 2 aromatic rings. The standard InChI is InChI=1S/C26H26F4N2O6S/c1-37-22-6-4-16(39(2,35)36)10-18(22)25(34)32-20-7-13(20)8-21(32)24(33)31-23(14-11-38-12-14)17-5-3-15(9-19(17)27)26(28,29)30/h3-6,9-10,13-14,20-21,23H,7-8,11-12H2,1-2H3,(H,31,33)/t13-,20-,21-,23-/m1/s1. The fourth-order valence-electron chi connectivity index (χ4n) is 5.31. The number of carbonyl (C=O) groups is 2. The molecule has 3 fully saturated rings. The van der Waals surface area contributed by atoms with Crippen molar-refractivity contribution in [1.82, 2.24) is 10.2 Å². The Kier molecular flexibility index (Phi) is 6.86. The van der Waals surface area contributed by atoms with E-state index >= 15 is 0 Å². The van der Waals surface area contributed by atoms with Crippen LogP contribution in [0, 0.1) is 17.7 Å². The molecule has 210 valence electrons. The minimum atomic E-state index is -4.72. The largest absolute Gasteiger partial charge is 0.496 e. The van der Waals surface area contributed by atoms with E-state index in [1.807, 2.05) is 0 Å². The number of amides is 2. The number of ether oxygens (including phenoxy) is 2. The zero-order chi connectivity index (χ0) is 28.3.